The van der Waals surface area contributed by atoms with Gasteiger partial charge in [-0.2, -0.15) is 0 Å². The van der Waals surface area contributed by atoms with Crippen LogP contribution >= 0.6 is 0 Å². The molecule has 1 aliphatic rings. The van der Waals surface area contributed by atoms with Crippen molar-refractivity contribution in [3.8, 4) is 0 Å². The molecule has 0 saturated carbocycles. The normalized spacial score (nSPS) is 25.8. The van der Waals surface area contributed by atoms with Crippen LogP contribution in [-0.4, -0.2) is 14.4 Å². The van der Waals surface area contributed by atoms with Gasteiger partial charge in [0, 0.05) is 6.10 Å². The van der Waals surface area contributed by atoms with Crippen LogP contribution in [-0.2, 0) is 4.43 Å². The molecule has 1 aliphatic carbocycles. The van der Waals surface area contributed by atoms with Gasteiger partial charge in [-0.3, -0.25) is 0 Å². The van der Waals surface area contributed by atoms with Gasteiger partial charge in [0.25, 0.3) is 0 Å². The maximum absolute atomic E-state index is 6.12. The van der Waals surface area contributed by atoms with Gasteiger partial charge in [0.05, 0.1) is 0 Å². The number of allylic oxidation sites excluding steroid dienone is 2. The van der Waals surface area contributed by atoms with Crippen LogP contribution < -0.4 is 0 Å². The van der Waals surface area contributed by atoms with E-state index in [1.165, 1.54) is 19.3 Å². The number of rotatable bonds is 3. The highest BCUT2D eigenvalue weighted by molar-refractivity contribution is 6.69. The predicted molar refractivity (Wildman–Crippen MR) is 65.0 cm³/mol. The van der Waals surface area contributed by atoms with Crippen LogP contribution in [0.4, 0.5) is 0 Å². The van der Waals surface area contributed by atoms with Crippen molar-refractivity contribution in [3.05, 3.63) is 11.6 Å². The minimum atomic E-state index is -1.34. The van der Waals surface area contributed by atoms with Crippen molar-refractivity contribution in [1.82, 2.24) is 0 Å². The van der Waals surface area contributed by atoms with Crippen molar-refractivity contribution in [2.24, 2.45) is 5.92 Å². The van der Waals surface area contributed by atoms with Crippen molar-refractivity contribution in [2.75, 3.05) is 0 Å². The summed E-state index contributed by atoms with van der Waals surface area (Å²) in [6.07, 6.45) is 6.64. The predicted octanol–water partition coefficient (Wildman–Crippen LogP) is 3.97. The van der Waals surface area contributed by atoms with E-state index in [0.29, 0.717) is 6.10 Å². The van der Waals surface area contributed by atoms with E-state index in [0.717, 1.165) is 5.92 Å². The fourth-order valence-corrected chi connectivity index (χ4v) is 3.37. The highest BCUT2D eigenvalue weighted by atomic mass is 28.4. The fourth-order valence-electron chi connectivity index (χ4n) is 2.07. The van der Waals surface area contributed by atoms with Crippen LogP contribution in [0.3, 0.4) is 0 Å². The lowest BCUT2D eigenvalue weighted by atomic mass is 9.87. The first-order valence-electron chi connectivity index (χ1n) is 5.72. The van der Waals surface area contributed by atoms with E-state index in [1.54, 1.807) is 5.57 Å². The van der Waals surface area contributed by atoms with Crippen LogP contribution in [0.25, 0.3) is 0 Å². The van der Waals surface area contributed by atoms with E-state index in [9.17, 15) is 0 Å². The third kappa shape index (κ3) is 3.97. The van der Waals surface area contributed by atoms with E-state index in [1.807, 2.05) is 0 Å². The Labute approximate surface area is 89.7 Å². The van der Waals surface area contributed by atoms with Crippen molar-refractivity contribution >= 4 is 8.32 Å². The Kier molecular flexibility index (Phi) is 3.96. The zero-order valence-corrected chi connectivity index (χ0v) is 11.3. The van der Waals surface area contributed by atoms with Gasteiger partial charge in [-0.25, -0.2) is 0 Å². The largest absolute Gasteiger partial charge is 0.415 e. The van der Waals surface area contributed by atoms with E-state index >= 15 is 0 Å². The van der Waals surface area contributed by atoms with Crippen molar-refractivity contribution in [3.63, 3.8) is 0 Å². The van der Waals surface area contributed by atoms with Gasteiger partial charge >= 0.3 is 0 Å². The average Bonchev–Trinajstić information content (AvgIpc) is 2.02. The third-order valence-corrected chi connectivity index (χ3v) is 3.96. The first-order valence-corrected chi connectivity index (χ1v) is 9.13. The lowest BCUT2D eigenvalue weighted by molar-refractivity contribution is 0.136. The topological polar surface area (TPSA) is 9.23 Å². The first-order chi connectivity index (χ1) is 6.38. The maximum Gasteiger partial charge on any atom is 0.184 e. The molecule has 0 aromatic carbocycles. The molecular weight excluding hydrogens is 188 g/mol. The Hall–Kier alpha value is -0.0831. The molecule has 0 N–H and O–H groups in total. The molecule has 1 rings (SSSR count). The summed E-state index contributed by atoms with van der Waals surface area (Å²) < 4.78 is 6.12. The molecule has 2 unspecified atom stereocenters. The minimum Gasteiger partial charge on any atom is -0.415 e. The zero-order valence-electron chi connectivity index (χ0n) is 10.3. The summed E-state index contributed by atoms with van der Waals surface area (Å²) in [6.45, 7) is 11.3. The highest BCUT2D eigenvalue weighted by Gasteiger charge is 2.25. The second-order valence-electron chi connectivity index (χ2n) is 5.52. The van der Waals surface area contributed by atoms with Crippen molar-refractivity contribution in [2.45, 2.75) is 58.9 Å². The Balaban J connectivity index is 2.43. The van der Waals surface area contributed by atoms with Gasteiger partial charge in [0.2, 0.25) is 0 Å². The van der Waals surface area contributed by atoms with Gasteiger partial charge in [0.15, 0.2) is 8.32 Å². The van der Waals surface area contributed by atoms with Crippen molar-refractivity contribution in [1.29, 1.82) is 0 Å². The Morgan fingerprint density at radius 3 is 2.50 bits per heavy atom. The Bertz CT molecular complexity index is 215. The van der Waals surface area contributed by atoms with Crippen LogP contribution in [0, 0.1) is 5.92 Å². The molecule has 0 spiro atoms. The molecule has 0 aromatic heterocycles. The second kappa shape index (κ2) is 4.62. The average molecular weight is 212 g/mol. The monoisotopic (exact) mass is 212 g/mol. The fraction of sp³-hybridized carbons (Fsp3) is 0.833. The molecule has 0 aliphatic heterocycles. The Morgan fingerprint density at radius 1 is 1.43 bits per heavy atom. The summed E-state index contributed by atoms with van der Waals surface area (Å²) in [4.78, 5) is 0. The quantitative estimate of drug-likeness (QED) is 0.508. The molecule has 0 radical (unpaired) electrons. The highest BCUT2D eigenvalue weighted by Crippen LogP contribution is 2.28. The molecule has 0 fully saturated rings. The van der Waals surface area contributed by atoms with Crippen LogP contribution in [0.5, 0.6) is 0 Å². The van der Waals surface area contributed by atoms with E-state index in [4.69, 9.17) is 4.43 Å². The van der Waals surface area contributed by atoms with Crippen LogP contribution in [0.2, 0.25) is 19.6 Å². The molecule has 2 atom stereocenters. The van der Waals surface area contributed by atoms with Gasteiger partial charge < -0.3 is 4.43 Å². The number of hydrogen-bond donors (Lipinski definition) is 0. The summed E-state index contributed by atoms with van der Waals surface area (Å²) in [5.74, 6) is 0.755. The lowest BCUT2D eigenvalue weighted by Crippen LogP contribution is -2.35. The summed E-state index contributed by atoms with van der Waals surface area (Å²) >= 11 is 0. The van der Waals surface area contributed by atoms with Gasteiger partial charge in [-0.1, -0.05) is 11.6 Å². The molecule has 82 valence electrons. The first kappa shape index (κ1) is 12.0. The second-order valence-corrected chi connectivity index (χ2v) is 9.98. The maximum atomic E-state index is 6.12. The summed E-state index contributed by atoms with van der Waals surface area (Å²) in [5, 5.41) is 0. The van der Waals surface area contributed by atoms with Gasteiger partial charge in [-0.15, -0.1) is 0 Å². The summed E-state index contributed by atoms with van der Waals surface area (Å²) in [6, 6.07) is 0. The Morgan fingerprint density at radius 2 is 2.07 bits per heavy atom. The summed E-state index contributed by atoms with van der Waals surface area (Å²) in [7, 11) is -1.34. The zero-order chi connectivity index (χ0) is 10.8. The molecular formula is C12H24OSi. The van der Waals surface area contributed by atoms with Crippen molar-refractivity contribution < 1.29 is 4.43 Å². The summed E-state index contributed by atoms with van der Waals surface area (Å²) in [5.41, 5.74) is 1.56. The molecule has 0 amide bonds. The number of hydrogen-bond acceptors (Lipinski definition) is 1. The lowest BCUT2D eigenvalue weighted by Gasteiger charge is -2.31. The van der Waals surface area contributed by atoms with Gasteiger partial charge in [0.1, 0.15) is 0 Å². The van der Waals surface area contributed by atoms with E-state index in [2.05, 4.69) is 39.6 Å². The smallest absolute Gasteiger partial charge is 0.184 e. The SMILES string of the molecule is CC1=CCC(C(C)O[Si](C)(C)C)CC1. The standard InChI is InChI=1S/C12H24OSi/c1-10-6-8-12(9-7-10)11(2)13-14(3,4)5/h6,11-12H,7-9H2,1-5H3. The third-order valence-electron chi connectivity index (χ3n) is 2.88. The molecule has 0 saturated heterocycles. The molecule has 0 aromatic rings. The van der Waals surface area contributed by atoms with Crippen LogP contribution in [0.15, 0.2) is 11.6 Å². The molecule has 2 heteroatoms. The molecule has 14 heavy (non-hydrogen) atoms. The molecule has 0 bridgehead atoms. The minimum absolute atomic E-state index is 0.450. The van der Waals surface area contributed by atoms with Crippen LogP contribution in [0.1, 0.15) is 33.1 Å². The van der Waals surface area contributed by atoms with E-state index in [-0.39, 0.29) is 0 Å². The van der Waals surface area contributed by atoms with E-state index < -0.39 is 8.32 Å². The molecule has 1 nitrogen and oxygen atoms in total. The molecule has 0 heterocycles. The van der Waals surface area contributed by atoms with Gasteiger partial charge in [-0.05, 0) is 58.7 Å².